The van der Waals surface area contributed by atoms with E-state index < -0.39 is 5.91 Å². The maximum absolute atomic E-state index is 11.0. The van der Waals surface area contributed by atoms with Crippen molar-refractivity contribution in [1.82, 2.24) is 15.0 Å². The fourth-order valence-corrected chi connectivity index (χ4v) is 2.54. The Balaban J connectivity index is 1.87. The number of nitrogens with two attached hydrogens (primary N) is 1. The van der Waals surface area contributed by atoms with Gasteiger partial charge in [0.05, 0.1) is 6.04 Å². The van der Waals surface area contributed by atoms with Crippen LogP contribution in [0.15, 0.2) is 10.6 Å². The van der Waals surface area contributed by atoms with Gasteiger partial charge < -0.3 is 15.2 Å². The summed E-state index contributed by atoms with van der Waals surface area (Å²) in [4.78, 5) is 15.9. The summed E-state index contributed by atoms with van der Waals surface area (Å²) in [5, 5.41) is 3.70. The van der Waals surface area contributed by atoms with Gasteiger partial charge in [0, 0.05) is 32.2 Å². The number of hydrogen-bond acceptors (Lipinski definition) is 5. The van der Waals surface area contributed by atoms with Crippen LogP contribution in [0.2, 0.25) is 0 Å². The maximum Gasteiger partial charge on any atom is 0.270 e. The Labute approximate surface area is 119 Å². The Morgan fingerprint density at radius 1 is 1.45 bits per heavy atom. The number of piperazine rings is 1. The lowest BCUT2D eigenvalue weighted by molar-refractivity contribution is 0.0896. The Bertz CT molecular complexity index is 438. The van der Waals surface area contributed by atoms with Crippen molar-refractivity contribution in [3.05, 3.63) is 17.5 Å². The molecule has 0 bridgehead atoms. The molecule has 1 saturated heterocycles. The lowest BCUT2D eigenvalue weighted by Gasteiger charge is -2.37. The van der Waals surface area contributed by atoms with Crippen molar-refractivity contribution in [2.24, 2.45) is 5.73 Å². The molecule has 0 saturated carbocycles. The normalized spacial score (nSPS) is 19.1. The third-order valence-electron chi connectivity index (χ3n) is 3.98. The first kappa shape index (κ1) is 15.0. The van der Waals surface area contributed by atoms with E-state index in [4.69, 9.17) is 10.3 Å². The lowest BCUT2D eigenvalue weighted by atomic mass is 10.1. The van der Waals surface area contributed by atoms with Gasteiger partial charge in [0.25, 0.3) is 5.91 Å². The number of amides is 1. The minimum Gasteiger partial charge on any atom is -0.364 e. The van der Waals surface area contributed by atoms with E-state index >= 15 is 0 Å². The number of carbonyl (C=O) groups is 1. The van der Waals surface area contributed by atoms with Crippen molar-refractivity contribution in [1.29, 1.82) is 0 Å². The highest BCUT2D eigenvalue weighted by Crippen LogP contribution is 2.22. The molecule has 2 rings (SSSR count). The van der Waals surface area contributed by atoms with Gasteiger partial charge >= 0.3 is 0 Å². The van der Waals surface area contributed by atoms with E-state index in [9.17, 15) is 4.79 Å². The molecule has 1 fully saturated rings. The third kappa shape index (κ3) is 3.58. The number of primary amides is 1. The van der Waals surface area contributed by atoms with Crippen LogP contribution in [-0.4, -0.2) is 53.6 Å². The van der Waals surface area contributed by atoms with Gasteiger partial charge in [-0.2, -0.15) is 0 Å². The minimum atomic E-state index is -0.545. The molecule has 1 aromatic heterocycles. The van der Waals surface area contributed by atoms with E-state index in [1.807, 2.05) is 0 Å². The molecule has 1 aromatic rings. The highest BCUT2D eigenvalue weighted by atomic mass is 16.5. The summed E-state index contributed by atoms with van der Waals surface area (Å²) in [6.07, 6.45) is 2.50. The first-order chi connectivity index (χ1) is 9.61. The summed E-state index contributed by atoms with van der Waals surface area (Å²) >= 11 is 0. The van der Waals surface area contributed by atoms with E-state index in [-0.39, 0.29) is 11.7 Å². The lowest BCUT2D eigenvalue weighted by Crippen LogP contribution is -2.47. The molecular weight excluding hydrogens is 256 g/mol. The van der Waals surface area contributed by atoms with Crippen LogP contribution >= 0.6 is 0 Å². The molecule has 0 aromatic carbocycles. The van der Waals surface area contributed by atoms with Gasteiger partial charge in [-0.25, -0.2) is 0 Å². The molecular formula is C14H24N4O2. The highest BCUT2D eigenvalue weighted by molar-refractivity contribution is 5.90. The standard InChI is InChI=1S/C14H24N4O2/c1-3-4-5-17-6-8-18(9-7-17)11(2)13-10-12(14(15)19)16-20-13/h10-11H,3-9H2,1-2H3,(H2,15,19). The van der Waals surface area contributed by atoms with Gasteiger partial charge in [-0.05, 0) is 19.9 Å². The van der Waals surface area contributed by atoms with Gasteiger partial charge in [0.1, 0.15) is 0 Å². The molecule has 6 nitrogen and oxygen atoms in total. The topological polar surface area (TPSA) is 75.6 Å². The van der Waals surface area contributed by atoms with Crippen LogP contribution in [0.3, 0.4) is 0 Å². The molecule has 2 heterocycles. The summed E-state index contributed by atoms with van der Waals surface area (Å²) in [6, 6.07) is 1.78. The molecule has 2 N–H and O–H groups in total. The van der Waals surface area contributed by atoms with Crippen LogP contribution in [0.25, 0.3) is 0 Å². The number of rotatable bonds is 6. The van der Waals surface area contributed by atoms with Gasteiger partial charge in [-0.1, -0.05) is 18.5 Å². The van der Waals surface area contributed by atoms with Crippen molar-refractivity contribution >= 4 is 5.91 Å². The average molecular weight is 280 g/mol. The quantitative estimate of drug-likeness (QED) is 0.849. The van der Waals surface area contributed by atoms with Crippen molar-refractivity contribution < 1.29 is 9.32 Å². The van der Waals surface area contributed by atoms with Crippen LogP contribution < -0.4 is 5.73 Å². The smallest absolute Gasteiger partial charge is 0.270 e. The SMILES string of the molecule is CCCCN1CCN(C(C)c2cc(C(N)=O)no2)CC1. The van der Waals surface area contributed by atoms with Gasteiger partial charge in [-0.15, -0.1) is 0 Å². The molecule has 20 heavy (non-hydrogen) atoms. The second-order valence-corrected chi connectivity index (χ2v) is 5.39. The molecule has 1 atom stereocenters. The number of unbranched alkanes of at least 4 members (excludes halogenated alkanes) is 1. The molecule has 0 radical (unpaired) electrons. The Kier molecular flexibility index (Phi) is 5.14. The Morgan fingerprint density at radius 3 is 2.70 bits per heavy atom. The van der Waals surface area contributed by atoms with Crippen molar-refractivity contribution in [3.8, 4) is 0 Å². The fourth-order valence-electron chi connectivity index (χ4n) is 2.54. The van der Waals surface area contributed by atoms with E-state index in [0.29, 0.717) is 5.76 Å². The largest absolute Gasteiger partial charge is 0.364 e. The summed E-state index contributed by atoms with van der Waals surface area (Å²) in [7, 11) is 0. The van der Waals surface area contributed by atoms with Crippen molar-refractivity contribution in [2.75, 3.05) is 32.7 Å². The van der Waals surface area contributed by atoms with Crippen LogP contribution in [-0.2, 0) is 0 Å². The minimum absolute atomic E-state index is 0.129. The average Bonchev–Trinajstić information content (AvgIpc) is 2.95. The highest BCUT2D eigenvalue weighted by Gasteiger charge is 2.24. The van der Waals surface area contributed by atoms with E-state index in [1.165, 1.54) is 19.4 Å². The molecule has 1 unspecified atom stereocenters. The number of hydrogen-bond donors (Lipinski definition) is 1. The monoisotopic (exact) mass is 280 g/mol. The summed E-state index contributed by atoms with van der Waals surface area (Å²) < 4.78 is 5.23. The van der Waals surface area contributed by atoms with Crippen molar-refractivity contribution in [2.45, 2.75) is 32.7 Å². The molecule has 1 amide bonds. The van der Waals surface area contributed by atoms with Gasteiger partial charge in [-0.3, -0.25) is 9.69 Å². The molecule has 0 spiro atoms. The zero-order chi connectivity index (χ0) is 14.5. The summed E-state index contributed by atoms with van der Waals surface area (Å²) in [6.45, 7) is 9.68. The molecule has 0 aliphatic carbocycles. The molecule has 1 aliphatic rings. The summed E-state index contributed by atoms with van der Waals surface area (Å²) in [5.41, 5.74) is 5.39. The second kappa shape index (κ2) is 6.85. The van der Waals surface area contributed by atoms with Crippen LogP contribution in [0.5, 0.6) is 0 Å². The zero-order valence-corrected chi connectivity index (χ0v) is 12.3. The van der Waals surface area contributed by atoms with E-state index in [1.54, 1.807) is 6.07 Å². The number of carbonyl (C=O) groups excluding carboxylic acids is 1. The second-order valence-electron chi connectivity index (χ2n) is 5.39. The first-order valence-electron chi connectivity index (χ1n) is 7.34. The van der Waals surface area contributed by atoms with Crippen LogP contribution in [0.4, 0.5) is 0 Å². The van der Waals surface area contributed by atoms with Gasteiger partial charge in [0.15, 0.2) is 11.5 Å². The summed E-state index contributed by atoms with van der Waals surface area (Å²) in [5.74, 6) is 0.164. The van der Waals surface area contributed by atoms with Crippen molar-refractivity contribution in [3.63, 3.8) is 0 Å². The van der Waals surface area contributed by atoms with Crippen LogP contribution in [0, 0.1) is 0 Å². The number of aromatic nitrogens is 1. The molecule has 112 valence electrons. The third-order valence-corrected chi connectivity index (χ3v) is 3.98. The van der Waals surface area contributed by atoms with Crippen LogP contribution in [0.1, 0.15) is 49.0 Å². The first-order valence-corrected chi connectivity index (χ1v) is 7.34. The predicted octanol–water partition coefficient (Wildman–Crippen LogP) is 1.25. The number of nitrogens with zero attached hydrogens (tertiary/aromatic N) is 3. The Hall–Kier alpha value is -1.40. The maximum atomic E-state index is 11.0. The molecule has 1 aliphatic heterocycles. The molecule has 6 heteroatoms. The zero-order valence-electron chi connectivity index (χ0n) is 12.3. The predicted molar refractivity (Wildman–Crippen MR) is 76.4 cm³/mol. The van der Waals surface area contributed by atoms with E-state index in [0.717, 1.165) is 26.2 Å². The fraction of sp³-hybridized carbons (Fsp3) is 0.714. The van der Waals surface area contributed by atoms with Gasteiger partial charge in [0.2, 0.25) is 0 Å². The Morgan fingerprint density at radius 2 is 2.15 bits per heavy atom. The van der Waals surface area contributed by atoms with E-state index in [2.05, 4.69) is 28.8 Å².